The second kappa shape index (κ2) is 5.66. The van der Waals surface area contributed by atoms with Gasteiger partial charge in [0.15, 0.2) is 0 Å². The van der Waals surface area contributed by atoms with Crippen molar-refractivity contribution in [3.05, 3.63) is 0 Å². The van der Waals surface area contributed by atoms with Crippen molar-refractivity contribution < 1.29 is 27.9 Å². The van der Waals surface area contributed by atoms with Gasteiger partial charge in [-0.1, -0.05) is 13.8 Å². The van der Waals surface area contributed by atoms with Gasteiger partial charge in [0.25, 0.3) is 0 Å². The summed E-state index contributed by atoms with van der Waals surface area (Å²) in [5.74, 6) is -1.79. The van der Waals surface area contributed by atoms with E-state index in [0.29, 0.717) is 0 Å². The van der Waals surface area contributed by atoms with E-state index >= 15 is 0 Å². The highest BCUT2D eigenvalue weighted by molar-refractivity contribution is 7.88. The zero-order valence-corrected chi connectivity index (χ0v) is 9.87. The summed E-state index contributed by atoms with van der Waals surface area (Å²) in [5.41, 5.74) is 0. The molecular weight excluding hydrogens is 240 g/mol. The van der Waals surface area contributed by atoms with E-state index in [1.54, 1.807) is 0 Å². The van der Waals surface area contributed by atoms with Crippen molar-refractivity contribution in [2.24, 2.45) is 5.92 Å². The van der Waals surface area contributed by atoms with E-state index in [2.05, 4.69) is 4.74 Å². The van der Waals surface area contributed by atoms with Gasteiger partial charge < -0.3 is 9.84 Å². The number of carbonyl (C=O) groups excluding carboxylic acids is 1. The average molecular weight is 254 g/mol. The van der Waals surface area contributed by atoms with Crippen LogP contribution in [-0.4, -0.2) is 38.7 Å². The van der Waals surface area contributed by atoms with Crippen molar-refractivity contribution >= 4 is 22.3 Å². The predicted molar refractivity (Wildman–Crippen MR) is 53.9 cm³/mol. The first-order valence-electron chi connectivity index (χ1n) is 4.30. The van der Waals surface area contributed by atoms with Crippen LogP contribution in [-0.2, 0) is 19.7 Å². The van der Waals surface area contributed by atoms with E-state index in [-0.39, 0.29) is 0 Å². The third-order valence-electron chi connectivity index (χ3n) is 1.62. The van der Waals surface area contributed by atoms with E-state index in [4.69, 9.17) is 5.11 Å². The number of nitrogens with one attached hydrogen (secondary N) is 2. The fourth-order valence-electron chi connectivity index (χ4n) is 0.820. The maximum absolute atomic E-state index is 11.2. The van der Waals surface area contributed by atoms with Gasteiger partial charge in [0.2, 0.25) is 0 Å². The lowest BCUT2D eigenvalue weighted by Crippen LogP contribution is -2.50. The summed E-state index contributed by atoms with van der Waals surface area (Å²) < 4.78 is 29.8. The fourth-order valence-corrected chi connectivity index (χ4v) is 1.89. The highest BCUT2D eigenvalue weighted by atomic mass is 32.2. The summed E-state index contributed by atoms with van der Waals surface area (Å²) in [6.07, 6.45) is -1.19. The highest BCUT2D eigenvalue weighted by Crippen LogP contribution is 2.02. The van der Waals surface area contributed by atoms with Crippen molar-refractivity contribution in [3.63, 3.8) is 0 Å². The van der Waals surface area contributed by atoms with Gasteiger partial charge in [-0.05, 0) is 5.92 Å². The minimum Gasteiger partial charge on any atom is -0.480 e. The maximum Gasteiger partial charge on any atom is 0.421 e. The average Bonchev–Trinajstić information content (AvgIpc) is 2.12. The summed E-state index contributed by atoms with van der Waals surface area (Å²) in [7, 11) is -3.25. The molecule has 0 heterocycles. The topological polar surface area (TPSA) is 122 Å². The number of hydrogen-bond acceptors (Lipinski definition) is 5. The SMILES string of the molecule is COC(=O)NS(=O)(=O)NC(C(=O)O)C(C)C. The number of hydrogen-bond donors (Lipinski definition) is 3. The Kier molecular flexibility index (Phi) is 5.18. The summed E-state index contributed by atoms with van der Waals surface area (Å²) in [6.45, 7) is 3.05. The van der Waals surface area contributed by atoms with Gasteiger partial charge in [0, 0.05) is 0 Å². The first kappa shape index (κ1) is 14.6. The third kappa shape index (κ3) is 4.94. The molecule has 0 aromatic rings. The Hall–Kier alpha value is -1.35. The van der Waals surface area contributed by atoms with E-state index < -0.39 is 34.2 Å². The largest absolute Gasteiger partial charge is 0.480 e. The molecule has 9 heteroatoms. The maximum atomic E-state index is 11.2. The van der Waals surface area contributed by atoms with E-state index in [1.807, 2.05) is 4.72 Å². The number of ether oxygens (including phenoxy) is 1. The molecular formula is C7H14N2O6S. The van der Waals surface area contributed by atoms with Crippen molar-refractivity contribution in [2.45, 2.75) is 19.9 Å². The molecule has 0 radical (unpaired) electrons. The van der Waals surface area contributed by atoms with Gasteiger partial charge in [-0.15, -0.1) is 0 Å². The molecule has 0 bridgehead atoms. The van der Waals surface area contributed by atoms with Crippen LogP contribution in [0.25, 0.3) is 0 Å². The second-order valence-corrected chi connectivity index (χ2v) is 4.72. The van der Waals surface area contributed by atoms with Crippen molar-refractivity contribution in [1.29, 1.82) is 0 Å². The van der Waals surface area contributed by atoms with Crippen LogP contribution in [0.3, 0.4) is 0 Å². The minimum atomic E-state index is -4.24. The summed E-state index contributed by atoms with van der Waals surface area (Å²) in [6, 6.07) is -1.32. The van der Waals surface area contributed by atoms with Gasteiger partial charge >= 0.3 is 22.3 Å². The number of rotatable bonds is 5. The van der Waals surface area contributed by atoms with Gasteiger partial charge in [0.1, 0.15) is 6.04 Å². The Morgan fingerprint density at radius 2 is 1.81 bits per heavy atom. The molecule has 3 N–H and O–H groups in total. The Bertz CT molecular complexity index is 363. The van der Waals surface area contributed by atoms with Crippen molar-refractivity contribution in [3.8, 4) is 0 Å². The third-order valence-corrected chi connectivity index (χ3v) is 2.62. The Morgan fingerprint density at radius 3 is 2.12 bits per heavy atom. The lowest BCUT2D eigenvalue weighted by atomic mass is 10.1. The van der Waals surface area contributed by atoms with Crippen LogP contribution in [0.1, 0.15) is 13.8 Å². The number of carboxylic acids is 1. The van der Waals surface area contributed by atoms with Gasteiger partial charge in [-0.3, -0.25) is 4.79 Å². The molecule has 0 aliphatic carbocycles. The van der Waals surface area contributed by atoms with Crippen LogP contribution in [0.2, 0.25) is 0 Å². The van der Waals surface area contributed by atoms with Crippen LogP contribution in [0.4, 0.5) is 4.79 Å². The molecule has 1 amide bonds. The number of methoxy groups -OCH3 is 1. The molecule has 8 nitrogen and oxygen atoms in total. The number of carbonyl (C=O) groups is 2. The molecule has 0 aliphatic heterocycles. The lowest BCUT2D eigenvalue weighted by Gasteiger charge is -2.17. The molecule has 94 valence electrons. The zero-order chi connectivity index (χ0) is 12.9. The normalized spacial score (nSPS) is 13.2. The van der Waals surface area contributed by atoms with Crippen LogP contribution >= 0.6 is 0 Å². The Morgan fingerprint density at radius 1 is 1.31 bits per heavy atom. The Labute approximate surface area is 93.2 Å². The molecule has 0 aliphatic rings. The molecule has 1 atom stereocenters. The molecule has 0 saturated heterocycles. The van der Waals surface area contributed by atoms with Gasteiger partial charge in [0.05, 0.1) is 7.11 Å². The highest BCUT2D eigenvalue weighted by Gasteiger charge is 2.27. The number of aliphatic carboxylic acids is 1. The first-order valence-corrected chi connectivity index (χ1v) is 5.78. The molecule has 1 unspecified atom stereocenters. The van der Waals surface area contributed by atoms with Crippen LogP contribution in [0, 0.1) is 5.92 Å². The van der Waals surface area contributed by atoms with Gasteiger partial charge in [-0.25, -0.2) is 9.52 Å². The quantitative estimate of drug-likeness (QED) is 0.595. The van der Waals surface area contributed by atoms with E-state index in [0.717, 1.165) is 7.11 Å². The van der Waals surface area contributed by atoms with E-state index in [9.17, 15) is 18.0 Å². The summed E-state index contributed by atoms with van der Waals surface area (Å²) >= 11 is 0. The first-order chi connectivity index (χ1) is 7.19. The smallest absolute Gasteiger partial charge is 0.421 e. The molecule has 0 spiro atoms. The molecule has 0 aromatic heterocycles. The predicted octanol–water partition coefficient (Wildman–Crippen LogP) is -0.714. The number of carboxylic acid groups (broad SMARTS) is 1. The zero-order valence-electron chi connectivity index (χ0n) is 9.05. The van der Waals surface area contributed by atoms with Crippen LogP contribution < -0.4 is 9.44 Å². The van der Waals surface area contributed by atoms with Crippen LogP contribution in [0.15, 0.2) is 0 Å². The second-order valence-electron chi connectivity index (χ2n) is 3.27. The summed E-state index contributed by atoms with van der Waals surface area (Å²) in [5, 5.41) is 8.73. The molecule has 16 heavy (non-hydrogen) atoms. The fraction of sp³-hybridized carbons (Fsp3) is 0.714. The van der Waals surface area contributed by atoms with E-state index in [1.165, 1.54) is 18.6 Å². The molecule has 0 fully saturated rings. The monoisotopic (exact) mass is 254 g/mol. The molecule has 0 saturated carbocycles. The summed E-state index contributed by atoms with van der Waals surface area (Å²) in [4.78, 5) is 21.4. The van der Waals surface area contributed by atoms with Crippen molar-refractivity contribution in [2.75, 3.05) is 7.11 Å². The molecule has 0 rings (SSSR count). The minimum absolute atomic E-state index is 0.466. The van der Waals surface area contributed by atoms with Gasteiger partial charge in [-0.2, -0.15) is 13.1 Å². The van der Waals surface area contributed by atoms with Crippen molar-refractivity contribution in [1.82, 2.24) is 9.44 Å². The molecule has 0 aromatic carbocycles. The number of amides is 1. The standard InChI is InChI=1S/C7H14N2O6S/c1-4(2)5(6(10)11)8-16(13,14)9-7(12)15-3/h4-5,8H,1-3H3,(H,9,12)(H,10,11). The van der Waals surface area contributed by atoms with Crippen LogP contribution in [0.5, 0.6) is 0 Å². The Balaban J connectivity index is 4.68. The lowest BCUT2D eigenvalue weighted by molar-refractivity contribution is -0.140.